The molecule has 0 saturated carbocycles. The van der Waals surface area contributed by atoms with Crippen LogP contribution in [0.2, 0.25) is 0 Å². The van der Waals surface area contributed by atoms with Crippen molar-refractivity contribution in [3.8, 4) is 10.6 Å². The molecule has 132 valence electrons. The maximum Gasteiger partial charge on any atom is 0.303 e. The van der Waals surface area contributed by atoms with E-state index in [0.29, 0.717) is 13.0 Å². The van der Waals surface area contributed by atoms with E-state index < -0.39 is 5.97 Å². The third-order valence-electron chi connectivity index (χ3n) is 4.43. The van der Waals surface area contributed by atoms with Crippen molar-refractivity contribution in [3.05, 3.63) is 35.6 Å². The van der Waals surface area contributed by atoms with Crippen LogP contribution in [0, 0.1) is 0 Å². The van der Waals surface area contributed by atoms with Crippen LogP contribution >= 0.6 is 11.3 Å². The summed E-state index contributed by atoms with van der Waals surface area (Å²) < 4.78 is 0. The molecule has 1 atom stereocenters. The third-order valence-corrected chi connectivity index (χ3v) is 5.37. The van der Waals surface area contributed by atoms with Crippen LogP contribution < -0.4 is 0 Å². The van der Waals surface area contributed by atoms with Gasteiger partial charge in [0.1, 0.15) is 5.01 Å². The van der Waals surface area contributed by atoms with Crippen molar-refractivity contribution < 1.29 is 14.7 Å². The van der Waals surface area contributed by atoms with Crippen LogP contribution in [0.5, 0.6) is 0 Å². The summed E-state index contributed by atoms with van der Waals surface area (Å²) in [6.45, 7) is 0.711. The van der Waals surface area contributed by atoms with E-state index >= 15 is 0 Å². The Labute approximate surface area is 150 Å². The van der Waals surface area contributed by atoms with Gasteiger partial charge >= 0.3 is 5.97 Å². The molecule has 2 aromatic heterocycles. The first-order valence-corrected chi connectivity index (χ1v) is 9.37. The van der Waals surface area contributed by atoms with Crippen molar-refractivity contribution in [2.75, 3.05) is 6.54 Å². The summed E-state index contributed by atoms with van der Waals surface area (Å²) in [7, 11) is 0. The molecule has 1 amide bonds. The predicted molar refractivity (Wildman–Crippen MR) is 95.3 cm³/mol. The maximum atomic E-state index is 12.7. The van der Waals surface area contributed by atoms with Crippen molar-refractivity contribution >= 4 is 23.2 Å². The van der Waals surface area contributed by atoms with E-state index in [1.54, 1.807) is 12.4 Å². The number of likely N-dealkylation sites (tertiary alicyclic amines) is 1. The second-order valence-corrected chi connectivity index (χ2v) is 7.09. The Morgan fingerprint density at radius 2 is 2.24 bits per heavy atom. The second kappa shape index (κ2) is 8.20. The molecule has 1 N–H and O–H groups in total. The van der Waals surface area contributed by atoms with Gasteiger partial charge in [0.15, 0.2) is 0 Å². The van der Waals surface area contributed by atoms with Crippen LogP contribution in [0.1, 0.15) is 37.8 Å². The van der Waals surface area contributed by atoms with E-state index in [-0.39, 0.29) is 24.8 Å². The van der Waals surface area contributed by atoms with Crippen LogP contribution in [0.15, 0.2) is 29.9 Å². The molecule has 0 aliphatic carbocycles. The number of amides is 1. The summed E-state index contributed by atoms with van der Waals surface area (Å²) in [5.74, 6) is -0.767. The predicted octanol–water partition coefficient (Wildman–Crippen LogP) is 2.99. The molecule has 2 aromatic rings. The number of carbonyl (C=O) groups is 2. The molecule has 3 heterocycles. The summed E-state index contributed by atoms with van der Waals surface area (Å²) in [6, 6.07) is 3.85. The fourth-order valence-corrected chi connectivity index (χ4v) is 4.00. The third kappa shape index (κ3) is 4.63. The molecule has 7 heteroatoms. The van der Waals surface area contributed by atoms with Gasteiger partial charge in [0.25, 0.3) is 0 Å². The number of rotatable bonds is 6. The van der Waals surface area contributed by atoms with Crippen molar-refractivity contribution in [3.63, 3.8) is 0 Å². The molecule has 0 aromatic carbocycles. The fourth-order valence-electron chi connectivity index (χ4n) is 3.19. The quantitative estimate of drug-likeness (QED) is 0.857. The Kier molecular flexibility index (Phi) is 5.75. The average Bonchev–Trinajstić information content (AvgIpc) is 3.09. The lowest BCUT2D eigenvalue weighted by Gasteiger charge is -2.35. The van der Waals surface area contributed by atoms with Gasteiger partial charge in [0.05, 0.1) is 12.1 Å². The number of carboxylic acid groups (broad SMARTS) is 1. The number of nitrogens with zero attached hydrogens (tertiary/aromatic N) is 3. The standard InChI is InChI=1S/C18H21N3O3S/c22-16(21-9-2-1-5-15(21)6-7-17(23)24)10-14-12-25-18(20-14)13-4-3-8-19-11-13/h3-4,8,11-12,15H,1-2,5-7,9-10H2,(H,23,24). The SMILES string of the molecule is O=C(O)CCC1CCCCN1C(=O)Cc1csc(-c2cccnc2)n1. The molecule has 1 saturated heterocycles. The molecule has 1 aliphatic rings. The van der Waals surface area contributed by atoms with Crippen molar-refractivity contribution in [2.45, 2.75) is 44.6 Å². The van der Waals surface area contributed by atoms with Crippen LogP contribution in [0.3, 0.4) is 0 Å². The van der Waals surface area contributed by atoms with Gasteiger partial charge in [-0.2, -0.15) is 0 Å². The maximum absolute atomic E-state index is 12.7. The number of carboxylic acids is 1. The number of piperidine rings is 1. The Balaban J connectivity index is 1.64. The van der Waals surface area contributed by atoms with E-state index in [4.69, 9.17) is 5.11 Å². The van der Waals surface area contributed by atoms with Gasteiger partial charge in [0.2, 0.25) is 5.91 Å². The minimum atomic E-state index is -0.807. The molecular weight excluding hydrogens is 338 g/mol. The van der Waals surface area contributed by atoms with Crippen molar-refractivity contribution in [1.82, 2.24) is 14.9 Å². The molecule has 6 nitrogen and oxygen atoms in total. The zero-order valence-electron chi connectivity index (χ0n) is 13.9. The van der Waals surface area contributed by atoms with Gasteiger partial charge in [-0.3, -0.25) is 14.6 Å². The summed E-state index contributed by atoms with van der Waals surface area (Å²) in [4.78, 5) is 34.0. The molecule has 1 fully saturated rings. The molecule has 0 spiro atoms. The van der Waals surface area contributed by atoms with Crippen molar-refractivity contribution in [2.24, 2.45) is 0 Å². The van der Waals surface area contributed by atoms with Gasteiger partial charge in [-0.1, -0.05) is 0 Å². The van der Waals surface area contributed by atoms with Crippen LogP contribution in [-0.2, 0) is 16.0 Å². The largest absolute Gasteiger partial charge is 0.481 e. The van der Waals surface area contributed by atoms with Crippen LogP contribution in [0.25, 0.3) is 10.6 Å². The topological polar surface area (TPSA) is 83.4 Å². The highest BCUT2D eigenvalue weighted by atomic mass is 32.1. The highest BCUT2D eigenvalue weighted by Gasteiger charge is 2.27. The van der Waals surface area contributed by atoms with E-state index in [1.807, 2.05) is 22.4 Å². The normalized spacial score (nSPS) is 17.4. The molecular formula is C18H21N3O3S. The number of thiazole rings is 1. The van der Waals surface area contributed by atoms with E-state index in [1.165, 1.54) is 11.3 Å². The van der Waals surface area contributed by atoms with E-state index in [0.717, 1.165) is 35.5 Å². The summed E-state index contributed by atoms with van der Waals surface area (Å²) >= 11 is 1.51. The lowest BCUT2D eigenvalue weighted by atomic mass is 9.97. The highest BCUT2D eigenvalue weighted by Crippen LogP contribution is 2.25. The van der Waals surface area contributed by atoms with Gasteiger partial charge < -0.3 is 10.0 Å². The summed E-state index contributed by atoms with van der Waals surface area (Å²) in [5, 5.41) is 11.7. The zero-order valence-corrected chi connectivity index (χ0v) is 14.7. The van der Waals surface area contributed by atoms with Gasteiger partial charge in [-0.15, -0.1) is 11.3 Å². The monoisotopic (exact) mass is 359 g/mol. The minimum Gasteiger partial charge on any atom is -0.481 e. The number of hydrogen-bond acceptors (Lipinski definition) is 5. The number of aliphatic carboxylic acids is 1. The van der Waals surface area contributed by atoms with Crippen molar-refractivity contribution in [1.29, 1.82) is 0 Å². The first-order chi connectivity index (χ1) is 12.1. The second-order valence-electron chi connectivity index (χ2n) is 6.23. The lowest BCUT2D eigenvalue weighted by Crippen LogP contribution is -2.44. The number of hydrogen-bond donors (Lipinski definition) is 1. The summed E-state index contributed by atoms with van der Waals surface area (Å²) in [6.07, 6.45) is 7.29. The summed E-state index contributed by atoms with van der Waals surface area (Å²) in [5.41, 5.74) is 1.71. The first-order valence-electron chi connectivity index (χ1n) is 8.49. The zero-order chi connectivity index (χ0) is 17.6. The molecule has 0 bridgehead atoms. The molecule has 3 rings (SSSR count). The minimum absolute atomic E-state index is 0.0359. The molecule has 0 radical (unpaired) electrons. The van der Waals surface area contributed by atoms with E-state index in [2.05, 4.69) is 9.97 Å². The Bertz CT molecular complexity index is 732. The Morgan fingerprint density at radius 3 is 3.00 bits per heavy atom. The fraction of sp³-hybridized carbons (Fsp3) is 0.444. The van der Waals surface area contributed by atoms with E-state index in [9.17, 15) is 9.59 Å². The van der Waals surface area contributed by atoms with Gasteiger partial charge in [0, 0.05) is 42.3 Å². The number of pyridine rings is 1. The Hall–Kier alpha value is -2.28. The smallest absolute Gasteiger partial charge is 0.303 e. The van der Waals surface area contributed by atoms with Crippen LogP contribution in [0.4, 0.5) is 0 Å². The number of aromatic nitrogens is 2. The van der Waals surface area contributed by atoms with Gasteiger partial charge in [-0.25, -0.2) is 4.98 Å². The van der Waals surface area contributed by atoms with Crippen LogP contribution in [-0.4, -0.2) is 44.4 Å². The Morgan fingerprint density at radius 1 is 1.36 bits per heavy atom. The first kappa shape index (κ1) is 17.5. The molecule has 25 heavy (non-hydrogen) atoms. The number of carbonyl (C=O) groups excluding carboxylic acids is 1. The van der Waals surface area contributed by atoms with Gasteiger partial charge in [-0.05, 0) is 37.8 Å². The lowest BCUT2D eigenvalue weighted by molar-refractivity contribution is -0.139. The average molecular weight is 359 g/mol. The highest BCUT2D eigenvalue weighted by molar-refractivity contribution is 7.13. The molecule has 1 unspecified atom stereocenters. The molecule has 1 aliphatic heterocycles.